The molecule has 2 saturated heterocycles. The van der Waals surface area contributed by atoms with Crippen LogP contribution in [0.15, 0.2) is 0 Å². The summed E-state index contributed by atoms with van der Waals surface area (Å²) in [6.07, 6.45) is 2.83. The Labute approximate surface area is 63.4 Å². The molecule has 2 fully saturated rings. The van der Waals surface area contributed by atoms with Crippen LogP contribution in [0.3, 0.4) is 0 Å². The summed E-state index contributed by atoms with van der Waals surface area (Å²) in [5.41, 5.74) is 1.01. The Hall–Kier alpha value is -0.0400. The summed E-state index contributed by atoms with van der Waals surface area (Å²) < 4.78 is 0. The van der Waals surface area contributed by atoms with Crippen LogP contribution in [-0.2, 0) is 0 Å². The molecule has 2 aliphatic heterocycles. The Kier molecular flexibility index (Phi) is 0.949. The lowest BCUT2D eigenvalue weighted by atomic mass is 9.64. The first-order valence-corrected chi connectivity index (χ1v) is 4.23. The minimum atomic E-state index is 0.506. The van der Waals surface area contributed by atoms with E-state index < -0.39 is 0 Å². The van der Waals surface area contributed by atoms with Crippen LogP contribution in [0.25, 0.3) is 0 Å². The van der Waals surface area contributed by atoms with Crippen LogP contribution in [0.2, 0.25) is 0 Å². The zero-order chi connectivity index (χ0) is 7.57. The minimum absolute atomic E-state index is 0.506. The van der Waals surface area contributed by atoms with E-state index in [2.05, 4.69) is 32.6 Å². The number of fused-ring (bicyclic) bond motifs is 1. The summed E-state index contributed by atoms with van der Waals surface area (Å²) in [6.45, 7) is 9.41. The normalized spacial score (nSPS) is 36.0. The van der Waals surface area contributed by atoms with Gasteiger partial charge in [-0.2, -0.15) is 0 Å². The minimum Gasteiger partial charge on any atom is -0.290 e. The molecule has 1 nitrogen and oxygen atoms in total. The van der Waals surface area contributed by atoms with Crippen molar-refractivity contribution in [2.24, 2.45) is 0 Å². The average Bonchev–Trinajstić information content (AvgIpc) is 1.56. The Morgan fingerprint density at radius 3 is 1.50 bits per heavy atom. The first-order chi connectivity index (χ1) is 4.43. The molecule has 0 N–H and O–H groups in total. The van der Waals surface area contributed by atoms with Crippen LogP contribution in [-0.4, -0.2) is 22.0 Å². The van der Waals surface area contributed by atoms with E-state index in [1.807, 2.05) is 0 Å². The van der Waals surface area contributed by atoms with E-state index in [-0.39, 0.29) is 0 Å². The largest absolute Gasteiger partial charge is 0.290 e. The molecule has 2 aliphatic rings. The van der Waals surface area contributed by atoms with Crippen molar-refractivity contribution < 1.29 is 0 Å². The SMILES string of the molecule is CC1(C)CC2CC(C)(C)N21. The highest BCUT2D eigenvalue weighted by Gasteiger charge is 2.59. The third-order valence-corrected chi connectivity index (χ3v) is 3.14. The standard InChI is InChI=1S/C9H17N/c1-8(2)5-7-6-9(3,4)10(7)8/h7H,5-6H2,1-4H3. The average molecular weight is 139 g/mol. The maximum absolute atomic E-state index is 2.65. The molecule has 0 aromatic heterocycles. The maximum atomic E-state index is 2.65. The van der Waals surface area contributed by atoms with Crippen molar-refractivity contribution >= 4 is 0 Å². The number of hydrogen-bond donors (Lipinski definition) is 0. The van der Waals surface area contributed by atoms with Crippen molar-refractivity contribution in [1.29, 1.82) is 0 Å². The van der Waals surface area contributed by atoms with Crippen molar-refractivity contribution in [1.82, 2.24) is 4.90 Å². The third-order valence-electron chi connectivity index (χ3n) is 3.14. The number of rotatable bonds is 0. The molecular formula is C9H17N. The van der Waals surface area contributed by atoms with Crippen molar-refractivity contribution in [3.8, 4) is 0 Å². The number of hydrogen-bond acceptors (Lipinski definition) is 1. The topological polar surface area (TPSA) is 3.24 Å². The summed E-state index contributed by atoms with van der Waals surface area (Å²) in [5.74, 6) is 0. The zero-order valence-corrected chi connectivity index (χ0v) is 7.44. The lowest BCUT2D eigenvalue weighted by molar-refractivity contribution is -0.207. The highest BCUT2D eigenvalue weighted by molar-refractivity contribution is 5.15. The first-order valence-electron chi connectivity index (χ1n) is 4.23. The molecular weight excluding hydrogens is 122 g/mol. The second-order valence-corrected chi connectivity index (χ2v) is 5.06. The molecule has 0 aromatic carbocycles. The predicted octanol–water partition coefficient (Wildman–Crippen LogP) is 2.02. The van der Waals surface area contributed by atoms with E-state index in [0.717, 1.165) is 6.04 Å². The predicted molar refractivity (Wildman–Crippen MR) is 43.0 cm³/mol. The van der Waals surface area contributed by atoms with Gasteiger partial charge in [-0.1, -0.05) is 0 Å². The van der Waals surface area contributed by atoms with Gasteiger partial charge >= 0.3 is 0 Å². The monoisotopic (exact) mass is 139 g/mol. The van der Waals surface area contributed by atoms with Gasteiger partial charge in [0.05, 0.1) is 0 Å². The Morgan fingerprint density at radius 1 is 1.00 bits per heavy atom. The molecule has 0 unspecified atom stereocenters. The Morgan fingerprint density at radius 2 is 1.40 bits per heavy atom. The van der Waals surface area contributed by atoms with E-state index >= 15 is 0 Å². The molecule has 10 heavy (non-hydrogen) atoms. The maximum Gasteiger partial charge on any atom is 0.0176 e. The second-order valence-electron chi connectivity index (χ2n) is 5.06. The van der Waals surface area contributed by atoms with Gasteiger partial charge in [0.2, 0.25) is 0 Å². The molecule has 0 bridgehead atoms. The second kappa shape index (κ2) is 1.42. The molecule has 58 valence electrons. The molecule has 1 heteroatoms. The fourth-order valence-corrected chi connectivity index (χ4v) is 3.19. The van der Waals surface area contributed by atoms with Gasteiger partial charge in [0.25, 0.3) is 0 Å². The van der Waals surface area contributed by atoms with Gasteiger partial charge in [-0.15, -0.1) is 0 Å². The van der Waals surface area contributed by atoms with Crippen LogP contribution in [0.5, 0.6) is 0 Å². The lowest BCUT2D eigenvalue weighted by Gasteiger charge is -2.71. The molecule has 0 aliphatic carbocycles. The summed E-state index contributed by atoms with van der Waals surface area (Å²) >= 11 is 0. The van der Waals surface area contributed by atoms with Gasteiger partial charge in [-0.3, -0.25) is 4.90 Å². The van der Waals surface area contributed by atoms with Gasteiger partial charge in [-0.25, -0.2) is 0 Å². The summed E-state index contributed by atoms with van der Waals surface area (Å²) in [4.78, 5) is 2.65. The van der Waals surface area contributed by atoms with E-state index in [9.17, 15) is 0 Å². The smallest absolute Gasteiger partial charge is 0.0176 e. The molecule has 2 heterocycles. The highest BCUT2D eigenvalue weighted by atomic mass is 15.4. The molecule has 0 aromatic rings. The van der Waals surface area contributed by atoms with Crippen molar-refractivity contribution in [3.05, 3.63) is 0 Å². The molecule has 2 rings (SSSR count). The lowest BCUT2D eigenvalue weighted by Crippen LogP contribution is -2.78. The van der Waals surface area contributed by atoms with E-state index in [4.69, 9.17) is 0 Å². The fourth-order valence-electron chi connectivity index (χ4n) is 3.19. The first kappa shape index (κ1) is 6.66. The van der Waals surface area contributed by atoms with Crippen LogP contribution >= 0.6 is 0 Å². The zero-order valence-electron chi connectivity index (χ0n) is 7.44. The molecule has 0 radical (unpaired) electrons. The van der Waals surface area contributed by atoms with Crippen LogP contribution < -0.4 is 0 Å². The molecule has 0 atom stereocenters. The summed E-state index contributed by atoms with van der Waals surface area (Å²) in [5, 5.41) is 0. The van der Waals surface area contributed by atoms with E-state index in [0.29, 0.717) is 11.1 Å². The van der Waals surface area contributed by atoms with Gasteiger partial charge < -0.3 is 0 Å². The van der Waals surface area contributed by atoms with Crippen molar-refractivity contribution in [2.75, 3.05) is 0 Å². The molecule has 0 amide bonds. The summed E-state index contributed by atoms with van der Waals surface area (Å²) in [6, 6.07) is 0.935. The Balaban J connectivity index is 2.14. The van der Waals surface area contributed by atoms with Gasteiger partial charge in [-0.05, 0) is 40.5 Å². The van der Waals surface area contributed by atoms with Crippen LogP contribution in [0.4, 0.5) is 0 Å². The van der Waals surface area contributed by atoms with Crippen LogP contribution in [0, 0.1) is 0 Å². The highest BCUT2D eigenvalue weighted by Crippen LogP contribution is 2.53. The van der Waals surface area contributed by atoms with Crippen molar-refractivity contribution in [2.45, 2.75) is 57.7 Å². The summed E-state index contributed by atoms with van der Waals surface area (Å²) in [7, 11) is 0. The third kappa shape index (κ3) is 0.572. The number of piperidine rings is 1. The van der Waals surface area contributed by atoms with Gasteiger partial charge in [0, 0.05) is 17.1 Å². The molecule has 0 spiro atoms. The van der Waals surface area contributed by atoms with E-state index in [1.54, 1.807) is 0 Å². The van der Waals surface area contributed by atoms with Gasteiger partial charge in [0.1, 0.15) is 0 Å². The Bertz CT molecular complexity index is 152. The van der Waals surface area contributed by atoms with Crippen molar-refractivity contribution in [3.63, 3.8) is 0 Å². The quantitative estimate of drug-likeness (QED) is 0.496. The van der Waals surface area contributed by atoms with E-state index in [1.165, 1.54) is 12.8 Å². The molecule has 0 saturated carbocycles. The number of nitrogens with zero attached hydrogens (tertiary/aromatic N) is 1. The van der Waals surface area contributed by atoms with Crippen LogP contribution in [0.1, 0.15) is 40.5 Å². The van der Waals surface area contributed by atoms with Gasteiger partial charge in [0.15, 0.2) is 0 Å². The fraction of sp³-hybridized carbons (Fsp3) is 1.00.